The first-order valence-corrected chi connectivity index (χ1v) is 8.28. The molecule has 8 heteroatoms. The molecule has 4 atom stereocenters. The molecule has 1 fully saturated rings. The summed E-state index contributed by atoms with van der Waals surface area (Å²) in [5.41, 5.74) is 0.317. The van der Waals surface area contributed by atoms with E-state index in [2.05, 4.69) is 6.58 Å². The van der Waals surface area contributed by atoms with Gasteiger partial charge in [0, 0.05) is 21.0 Å². The third kappa shape index (κ3) is 5.30. The van der Waals surface area contributed by atoms with Crippen LogP contribution in [0.15, 0.2) is 42.7 Å². The molecule has 0 radical (unpaired) electrons. The molecular weight excluding hydrogens is 356 g/mol. The average Bonchev–Trinajstić information content (AvgIpc) is 2.63. The van der Waals surface area contributed by atoms with Gasteiger partial charge < -0.3 is 23.7 Å². The van der Waals surface area contributed by atoms with Crippen LogP contribution in [0, 0.1) is 5.92 Å². The van der Waals surface area contributed by atoms with Crippen LogP contribution >= 0.6 is 0 Å². The smallest absolute Gasteiger partial charge is 0.338 e. The Bertz CT molecular complexity index is 699. The number of esters is 3. The minimum Gasteiger partial charge on any atom is -0.465 e. The highest BCUT2D eigenvalue weighted by molar-refractivity contribution is 5.89. The van der Waals surface area contributed by atoms with Crippen LogP contribution in [0.4, 0.5) is 0 Å². The van der Waals surface area contributed by atoms with Crippen molar-refractivity contribution in [2.24, 2.45) is 5.92 Å². The lowest BCUT2D eigenvalue weighted by atomic mass is 9.93. The van der Waals surface area contributed by atoms with Crippen LogP contribution in [0.2, 0.25) is 0 Å². The molecule has 8 nitrogen and oxygen atoms in total. The molecule has 2 rings (SSSR count). The summed E-state index contributed by atoms with van der Waals surface area (Å²) in [5.74, 6) is -2.41. The fraction of sp³-hybridized carbons (Fsp3) is 0.421. The summed E-state index contributed by atoms with van der Waals surface area (Å²) in [6.07, 6.45) is -2.98. The zero-order chi connectivity index (χ0) is 20.0. The highest BCUT2D eigenvalue weighted by atomic mass is 16.7. The minimum absolute atomic E-state index is 0.0662. The van der Waals surface area contributed by atoms with Crippen molar-refractivity contribution in [1.29, 1.82) is 0 Å². The Morgan fingerprint density at radius 1 is 1.07 bits per heavy atom. The fourth-order valence-electron chi connectivity index (χ4n) is 2.71. The Morgan fingerprint density at radius 3 is 2.30 bits per heavy atom. The summed E-state index contributed by atoms with van der Waals surface area (Å²) in [6.45, 7) is 6.06. The number of hydrogen-bond donors (Lipinski definition) is 0. The minimum atomic E-state index is -1.09. The van der Waals surface area contributed by atoms with Crippen LogP contribution in [0.5, 0.6) is 0 Å². The second kappa shape index (κ2) is 9.18. The number of carbonyl (C=O) groups is 3. The first-order valence-electron chi connectivity index (χ1n) is 8.28. The SMILES string of the molecule is C=C1O[C@H](OC)[C@H](COC(C)=O)[C@@H](OC(C)=O)[C@@H]1OC(=O)c1ccccc1. The molecule has 1 aliphatic rings. The third-order valence-corrected chi connectivity index (χ3v) is 3.91. The normalized spacial score (nSPS) is 24.5. The molecule has 0 aromatic heterocycles. The second-order valence-electron chi connectivity index (χ2n) is 5.92. The molecule has 1 aromatic carbocycles. The molecule has 0 N–H and O–H groups in total. The van der Waals surface area contributed by atoms with E-state index in [0.29, 0.717) is 5.56 Å². The topological polar surface area (TPSA) is 97.4 Å². The summed E-state index contributed by atoms with van der Waals surface area (Å²) >= 11 is 0. The van der Waals surface area contributed by atoms with Crippen molar-refractivity contribution in [1.82, 2.24) is 0 Å². The van der Waals surface area contributed by atoms with Gasteiger partial charge in [-0.3, -0.25) is 9.59 Å². The van der Waals surface area contributed by atoms with Crippen molar-refractivity contribution >= 4 is 17.9 Å². The van der Waals surface area contributed by atoms with E-state index >= 15 is 0 Å². The second-order valence-corrected chi connectivity index (χ2v) is 5.92. The van der Waals surface area contributed by atoms with Crippen LogP contribution in [-0.4, -0.2) is 50.1 Å². The van der Waals surface area contributed by atoms with Crippen LogP contribution in [0.25, 0.3) is 0 Å². The number of benzene rings is 1. The molecule has 0 aliphatic carbocycles. The van der Waals surface area contributed by atoms with Gasteiger partial charge in [0.1, 0.15) is 12.4 Å². The maximum atomic E-state index is 12.4. The molecule has 1 aliphatic heterocycles. The van der Waals surface area contributed by atoms with E-state index in [1.54, 1.807) is 30.3 Å². The quantitative estimate of drug-likeness (QED) is 0.546. The first-order chi connectivity index (χ1) is 12.8. The highest BCUT2D eigenvalue weighted by Gasteiger charge is 2.48. The maximum Gasteiger partial charge on any atom is 0.338 e. The Labute approximate surface area is 157 Å². The Kier molecular flexibility index (Phi) is 6.95. The summed E-state index contributed by atoms with van der Waals surface area (Å²) in [6, 6.07) is 8.32. The predicted molar refractivity (Wildman–Crippen MR) is 92.3 cm³/mol. The lowest BCUT2D eigenvalue weighted by Crippen LogP contribution is -2.53. The molecule has 146 valence electrons. The van der Waals surface area contributed by atoms with Gasteiger partial charge in [-0.25, -0.2) is 4.79 Å². The molecule has 27 heavy (non-hydrogen) atoms. The molecule has 1 saturated heterocycles. The van der Waals surface area contributed by atoms with Gasteiger partial charge in [0.25, 0.3) is 0 Å². The summed E-state index contributed by atoms with van der Waals surface area (Å²) in [7, 11) is 1.39. The first kappa shape index (κ1) is 20.4. The monoisotopic (exact) mass is 378 g/mol. The van der Waals surface area contributed by atoms with E-state index < -0.39 is 42.3 Å². The van der Waals surface area contributed by atoms with Crippen molar-refractivity contribution in [3.05, 3.63) is 48.2 Å². The van der Waals surface area contributed by atoms with Gasteiger partial charge in [0.2, 0.25) is 6.29 Å². The summed E-state index contributed by atoms with van der Waals surface area (Å²) in [5, 5.41) is 0. The van der Waals surface area contributed by atoms with Crippen molar-refractivity contribution in [2.75, 3.05) is 13.7 Å². The van der Waals surface area contributed by atoms with Gasteiger partial charge >= 0.3 is 17.9 Å². The number of rotatable bonds is 6. The van der Waals surface area contributed by atoms with Crippen molar-refractivity contribution in [3.8, 4) is 0 Å². The largest absolute Gasteiger partial charge is 0.465 e. The lowest BCUT2D eigenvalue weighted by molar-refractivity contribution is -0.229. The van der Waals surface area contributed by atoms with E-state index in [-0.39, 0.29) is 12.4 Å². The number of ether oxygens (including phenoxy) is 5. The fourth-order valence-corrected chi connectivity index (χ4v) is 2.71. The van der Waals surface area contributed by atoms with Gasteiger partial charge in [-0.1, -0.05) is 24.8 Å². The number of methoxy groups -OCH3 is 1. The zero-order valence-corrected chi connectivity index (χ0v) is 15.4. The molecule has 1 heterocycles. The molecule has 0 amide bonds. The lowest BCUT2D eigenvalue weighted by Gasteiger charge is -2.41. The van der Waals surface area contributed by atoms with Crippen molar-refractivity contribution in [3.63, 3.8) is 0 Å². The molecule has 0 bridgehead atoms. The van der Waals surface area contributed by atoms with E-state index in [4.69, 9.17) is 23.7 Å². The zero-order valence-electron chi connectivity index (χ0n) is 15.4. The Hall–Kier alpha value is -2.87. The average molecular weight is 378 g/mol. The standard InChI is InChI=1S/C19H22O8/c1-11-16(27-18(22)14-8-6-5-7-9-14)17(26-13(3)21)15(10-24-12(2)20)19(23-4)25-11/h5-9,15-17,19H,1,10H2,2-4H3/t15-,16-,17-,19+/m1/s1. The summed E-state index contributed by atoms with van der Waals surface area (Å²) in [4.78, 5) is 35.3. The molecule has 0 saturated carbocycles. The van der Waals surface area contributed by atoms with Gasteiger partial charge in [-0.2, -0.15) is 0 Å². The van der Waals surface area contributed by atoms with Crippen LogP contribution in [0.1, 0.15) is 24.2 Å². The van der Waals surface area contributed by atoms with Gasteiger partial charge in [0.05, 0.1) is 11.5 Å². The van der Waals surface area contributed by atoms with Gasteiger partial charge in [0.15, 0.2) is 12.2 Å². The highest BCUT2D eigenvalue weighted by Crippen LogP contribution is 2.33. The predicted octanol–water partition coefficient (Wildman–Crippen LogP) is 1.84. The van der Waals surface area contributed by atoms with E-state index in [1.807, 2.05) is 0 Å². The van der Waals surface area contributed by atoms with Gasteiger partial charge in [-0.05, 0) is 12.1 Å². The number of carbonyl (C=O) groups excluding carboxylic acids is 3. The van der Waals surface area contributed by atoms with E-state index in [9.17, 15) is 14.4 Å². The third-order valence-electron chi connectivity index (χ3n) is 3.91. The molecule has 0 unspecified atom stereocenters. The maximum absolute atomic E-state index is 12.4. The molecular formula is C19H22O8. The number of hydrogen-bond acceptors (Lipinski definition) is 8. The van der Waals surface area contributed by atoms with Crippen molar-refractivity contribution < 1.29 is 38.1 Å². The summed E-state index contributed by atoms with van der Waals surface area (Å²) < 4.78 is 26.7. The Morgan fingerprint density at radius 2 is 1.74 bits per heavy atom. The van der Waals surface area contributed by atoms with Crippen LogP contribution in [-0.2, 0) is 33.3 Å². The van der Waals surface area contributed by atoms with Crippen LogP contribution in [0.3, 0.4) is 0 Å². The van der Waals surface area contributed by atoms with E-state index in [0.717, 1.165) is 0 Å². The van der Waals surface area contributed by atoms with Crippen molar-refractivity contribution in [2.45, 2.75) is 32.3 Å². The van der Waals surface area contributed by atoms with Gasteiger partial charge in [-0.15, -0.1) is 0 Å². The molecule has 1 aromatic rings. The van der Waals surface area contributed by atoms with E-state index in [1.165, 1.54) is 21.0 Å². The van der Waals surface area contributed by atoms with Crippen LogP contribution < -0.4 is 0 Å². The Balaban J connectivity index is 2.28. The molecule has 0 spiro atoms.